The molecule has 0 bridgehead atoms. The Morgan fingerprint density at radius 3 is 2.52 bits per heavy atom. The summed E-state index contributed by atoms with van der Waals surface area (Å²) in [6.07, 6.45) is 3.49. The number of rotatable bonds is 3. The highest BCUT2D eigenvalue weighted by molar-refractivity contribution is 14.1. The largest absolute Gasteiger partial charge is 0.327 e. The van der Waals surface area contributed by atoms with E-state index in [1.165, 1.54) is 12.1 Å². The lowest BCUT2D eigenvalue weighted by Gasteiger charge is -2.09. The molecule has 1 aromatic heterocycles. The summed E-state index contributed by atoms with van der Waals surface area (Å²) < 4.78 is 29.5. The highest BCUT2D eigenvalue weighted by Gasteiger charge is 2.08. The molecule has 3 aromatic rings. The van der Waals surface area contributed by atoms with Gasteiger partial charge in [-0.15, -0.1) is 0 Å². The van der Waals surface area contributed by atoms with Crippen LogP contribution in [0.5, 0.6) is 0 Å². The van der Waals surface area contributed by atoms with Crippen LogP contribution in [-0.4, -0.2) is 9.55 Å². The molecular weight excluding hydrogens is 385 g/mol. The van der Waals surface area contributed by atoms with Gasteiger partial charge in [-0.05, 0) is 52.4 Å². The zero-order valence-electron chi connectivity index (χ0n) is 10.9. The molecule has 0 unspecified atom stereocenters. The first-order valence-corrected chi connectivity index (χ1v) is 7.42. The van der Waals surface area contributed by atoms with E-state index in [2.05, 4.69) is 27.6 Å². The quantitative estimate of drug-likeness (QED) is 0.597. The van der Waals surface area contributed by atoms with E-state index < -0.39 is 11.6 Å². The summed E-state index contributed by atoms with van der Waals surface area (Å²) in [5.41, 5.74) is 1.54. The van der Waals surface area contributed by atoms with Gasteiger partial charge in [0, 0.05) is 34.1 Å². The fourth-order valence-corrected chi connectivity index (χ4v) is 2.77. The standard InChI is InChI=1S/C16H11F2IN2/c17-13-6-11(7-14(18)9-13)10-21-5-4-20-16(21)12-2-1-3-15(19)8-12/h1-9H,10H2. The van der Waals surface area contributed by atoms with Gasteiger partial charge in [0.05, 0.1) is 0 Å². The molecule has 2 aromatic carbocycles. The third-order valence-electron chi connectivity index (χ3n) is 3.07. The molecule has 0 amide bonds. The van der Waals surface area contributed by atoms with E-state index in [1.807, 2.05) is 28.8 Å². The van der Waals surface area contributed by atoms with Gasteiger partial charge in [-0.25, -0.2) is 13.8 Å². The minimum Gasteiger partial charge on any atom is -0.327 e. The van der Waals surface area contributed by atoms with Gasteiger partial charge >= 0.3 is 0 Å². The predicted molar refractivity (Wildman–Crippen MR) is 85.8 cm³/mol. The molecular formula is C16H11F2IN2. The zero-order valence-corrected chi connectivity index (χ0v) is 13.1. The second kappa shape index (κ2) is 5.93. The van der Waals surface area contributed by atoms with E-state index in [-0.39, 0.29) is 0 Å². The molecule has 3 rings (SSSR count). The van der Waals surface area contributed by atoms with Gasteiger partial charge in [0.25, 0.3) is 0 Å². The highest BCUT2D eigenvalue weighted by Crippen LogP contribution is 2.21. The third kappa shape index (κ3) is 3.29. The Hall–Kier alpha value is -1.76. The van der Waals surface area contributed by atoms with E-state index in [1.54, 1.807) is 12.4 Å². The monoisotopic (exact) mass is 396 g/mol. The molecule has 0 radical (unpaired) electrons. The SMILES string of the molecule is Fc1cc(F)cc(Cn2ccnc2-c2cccc(I)c2)c1. The second-order valence-corrected chi connectivity index (χ2v) is 5.91. The van der Waals surface area contributed by atoms with Crippen molar-refractivity contribution in [1.82, 2.24) is 9.55 Å². The first-order chi connectivity index (χ1) is 10.1. The molecule has 21 heavy (non-hydrogen) atoms. The maximum Gasteiger partial charge on any atom is 0.140 e. The molecule has 106 valence electrons. The van der Waals surface area contributed by atoms with E-state index >= 15 is 0 Å². The second-order valence-electron chi connectivity index (χ2n) is 4.67. The van der Waals surface area contributed by atoms with Crippen LogP contribution in [0.2, 0.25) is 0 Å². The molecule has 0 atom stereocenters. The van der Waals surface area contributed by atoms with Crippen LogP contribution in [0, 0.1) is 15.2 Å². The first kappa shape index (κ1) is 14.2. The summed E-state index contributed by atoms with van der Waals surface area (Å²) in [7, 11) is 0. The number of nitrogens with zero attached hydrogens (tertiary/aromatic N) is 2. The summed E-state index contributed by atoms with van der Waals surface area (Å²) in [5.74, 6) is -0.361. The van der Waals surface area contributed by atoms with Crippen molar-refractivity contribution in [1.29, 1.82) is 0 Å². The molecule has 0 aliphatic carbocycles. The number of imidazole rings is 1. The van der Waals surface area contributed by atoms with Crippen molar-refractivity contribution in [2.45, 2.75) is 6.54 Å². The third-order valence-corrected chi connectivity index (χ3v) is 3.74. The van der Waals surface area contributed by atoms with Gasteiger partial charge in [-0.1, -0.05) is 12.1 Å². The van der Waals surface area contributed by atoms with Crippen molar-refractivity contribution in [3.63, 3.8) is 0 Å². The Bertz CT molecular complexity index is 763. The van der Waals surface area contributed by atoms with Crippen LogP contribution >= 0.6 is 22.6 Å². The average molecular weight is 396 g/mol. The molecule has 0 aliphatic heterocycles. The van der Waals surface area contributed by atoms with Crippen LogP contribution in [0.4, 0.5) is 8.78 Å². The Morgan fingerprint density at radius 2 is 1.81 bits per heavy atom. The van der Waals surface area contributed by atoms with E-state index in [0.717, 1.165) is 21.0 Å². The van der Waals surface area contributed by atoms with Crippen molar-refractivity contribution < 1.29 is 8.78 Å². The summed E-state index contributed by atoms with van der Waals surface area (Å²) in [5, 5.41) is 0. The average Bonchev–Trinajstić information content (AvgIpc) is 2.85. The Labute approximate surface area is 134 Å². The van der Waals surface area contributed by atoms with E-state index in [0.29, 0.717) is 12.1 Å². The maximum atomic E-state index is 13.3. The topological polar surface area (TPSA) is 17.8 Å². The number of hydrogen-bond donors (Lipinski definition) is 0. The van der Waals surface area contributed by atoms with Crippen LogP contribution in [0.3, 0.4) is 0 Å². The predicted octanol–water partition coefficient (Wildman–Crippen LogP) is 4.48. The lowest BCUT2D eigenvalue weighted by Crippen LogP contribution is -2.02. The molecule has 0 saturated carbocycles. The number of halogens is 3. The van der Waals surface area contributed by atoms with Gasteiger partial charge in [0.1, 0.15) is 17.5 Å². The molecule has 2 nitrogen and oxygen atoms in total. The van der Waals surface area contributed by atoms with Crippen molar-refractivity contribution >= 4 is 22.6 Å². The lowest BCUT2D eigenvalue weighted by molar-refractivity contribution is 0.577. The Balaban J connectivity index is 1.96. The highest BCUT2D eigenvalue weighted by atomic mass is 127. The molecule has 0 saturated heterocycles. The summed E-state index contributed by atoms with van der Waals surface area (Å²) in [6, 6.07) is 11.5. The summed E-state index contributed by atoms with van der Waals surface area (Å²) >= 11 is 2.24. The molecule has 0 fully saturated rings. The summed E-state index contributed by atoms with van der Waals surface area (Å²) in [4.78, 5) is 4.34. The van der Waals surface area contributed by atoms with Crippen molar-refractivity contribution in [2.75, 3.05) is 0 Å². The smallest absolute Gasteiger partial charge is 0.140 e. The number of benzene rings is 2. The fourth-order valence-electron chi connectivity index (χ4n) is 2.22. The van der Waals surface area contributed by atoms with Crippen LogP contribution in [0.25, 0.3) is 11.4 Å². The number of aromatic nitrogens is 2. The summed E-state index contributed by atoms with van der Waals surface area (Å²) in [6.45, 7) is 0.371. The Morgan fingerprint density at radius 1 is 1.05 bits per heavy atom. The van der Waals surface area contributed by atoms with E-state index in [9.17, 15) is 8.78 Å². The normalized spacial score (nSPS) is 10.8. The van der Waals surface area contributed by atoms with Gasteiger partial charge in [0.15, 0.2) is 0 Å². The van der Waals surface area contributed by atoms with Crippen LogP contribution < -0.4 is 0 Å². The molecule has 0 aliphatic rings. The van der Waals surface area contributed by atoms with Gasteiger partial charge < -0.3 is 4.57 Å². The Kier molecular flexibility index (Phi) is 4.01. The molecule has 5 heteroatoms. The molecule has 0 spiro atoms. The van der Waals surface area contributed by atoms with Gasteiger partial charge in [-0.2, -0.15) is 0 Å². The zero-order chi connectivity index (χ0) is 14.8. The van der Waals surface area contributed by atoms with Crippen molar-refractivity contribution in [2.24, 2.45) is 0 Å². The van der Waals surface area contributed by atoms with Crippen molar-refractivity contribution in [3.05, 3.63) is 75.6 Å². The molecule has 0 N–H and O–H groups in total. The fraction of sp³-hybridized carbons (Fsp3) is 0.0625. The van der Waals surface area contributed by atoms with Crippen LogP contribution in [-0.2, 0) is 6.54 Å². The van der Waals surface area contributed by atoms with E-state index in [4.69, 9.17) is 0 Å². The van der Waals surface area contributed by atoms with Crippen LogP contribution in [0.1, 0.15) is 5.56 Å². The number of hydrogen-bond acceptors (Lipinski definition) is 1. The maximum absolute atomic E-state index is 13.3. The van der Waals surface area contributed by atoms with Gasteiger partial charge in [-0.3, -0.25) is 0 Å². The lowest BCUT2D eigenvalue weighted by atomic mass is 10.2. The van der Waals surface area contributed by atoms with Crippen molar-refractivity contribution in [3.8, 4) is 11.4 Å². The van der Waals surface area contributed by atoms with Crippen LogP contribution in [0.15, 0.2) is 54.9 Å². The minimum atomic E-state index is -0.569. The van der Waals surface area contributed by atoms with Gasteiger partial charge in [0.2, 0.25) is 0 Å². The first-order valence-electron chi connectivity index (χ1n) is 6.34. The molecule has 1 heterocycles. The minimum absolute atomic E-state index is 0.371.